The van der Waals surface area contributed by atoms with Gasteiger partial charge in [-0.3, -0.25) is 0 Å². The molecule has 2 N–H and O–H groups in total. The number of benzene rings is 1. The van der Waals surface area contributed by atoms with Crippen molar-refractivity contribution in [2.75, 3.05) is 6.54 Å². The fourth-order valence-corrected chi connectivity index (χ4v) is 2.23. The quantitative estimate of drug-likeness (QED) is 0.697. The summed E-state index contributed by atoms with van der Waals surface area (Å²) in [6, 6.07) is 6.31. The number of hydrogen-bond donors (Lipinski definition) is 2. The van der Waals surface area contributed by atoms with Crippen LogP contribution in [-0.2, 0) is 0 Å². The third-order valence-corrected chi connectivity index (χ3v) is 3.84. The van der Waals surface area contributed by atoms with Gasteiger partial charge in [0.25, 0.3) is 0 Å². The van der Waals surface area contributed by atoms with Crippen LogP contribution in [0.5, 0.6) is 0 Å². The summed E-state index contributed by atoms with van der Waals surface area (Å²) >= 11 is 0. The highest BCUT2D eigenvalue weighted by molar-refractivity contribution is 5.31. The average Bonchev–Trinajstić information content (AvgIpc) is 2.40. The van der Waals surface area contributed by atoms with Crippen molar-refractivity contribution in [2.24, 2.45) is 0 Å². The first-order chi connectivity index (χ1) is 9.06. The van der Waals surface area contributed by atoms with Crippen LogP contribution in [0.1, 0.15) is 62.3 Å². The summed E-state index contributed by atoms with van der Waals surface area (Å²) in [6.07, 6.45) is 4.61. The molecule has 0 fully saturated rings. The molecule has 19 heavy (non-hydrogen) atoms. The Morgan fingerprint density at radius 2 is 1.84 bits per heavy atom. The summed E-state index contributed by atoms with van der Waals surface area (Å²) in [7, 11) is 0. The lowest BCUT2D eigenvalue weighted by Gasteiger charge is -2.21. The van der Waals surface area contributed by atoms with Crippen molar-refractivity contribution in [1.82, 2.24) is 5.32 Å². The van der Waals surface area contributed by atoms with Crippen molar-refractivity contribution in [3.8, 4) is 0 Å². The van der Waals surface area contributed by atoms with Crippen LogP contribution < -0.4 is 5.32 Å². The molecule has 0 aliphatic carbocycles. The summed E-state index contributed by atoms with van der Waals surface area (Å²) < 4.78 is 0. The molecule has 1 aromatic carbocycles. The molecular weight excluding hydrogens is 234 g/mol. The summed E-state index contributed by atoms with van der Waals surface area (Å²) in [6.45, 7) is 9.46. The second-order valence-corrected chi connectivity index (χ2v) is 5.59. The Balaban J connectivity index is 2.42. The minimum atomic E-state index is -0.425. The van der Waals surface area contributed by atoms with E-state index < -0.39 is 6.10 Å². The van der Waals surface area contributed by atoms with Gasteiger partial charge in [0.15, 0.2) is 0 Å². The van der Waals surface area contributed by atoms with E-state index in [0.29, 0.717) is 0 Å². The smallest absolute Gasteiger partial charge is 0.0940 e. The highest BCUT2D eigenvalue weighted by Gasteiger charge is 2.15. The van der Waals surface area contributed by atoms with Gasteiger partial charge in [-0.05, 0) is 50.4 Å². The van der Waals surface area contributed by atoms with Crippen molar-refractivity contribution in [3.05, 3.63) is 34.9 Å². The second kappa shape index (κ2) is 8.34. The highest BCUT2D eigenvalue weighted by Crippen LogP contribution is 2.19. The normalized spacial score (nSPS) is 14.4. The molecule has 108 valence electrons. The van der Waals surface area contributed by atoms with Gasteiger partial charge in [0, 0.05) is 6.04 Å². The van der Waals surface area contributed by atoms with Crippen molar-refractivity contribution < 1.29 is 5.11 Å². The minimum absolute atomic E-state index is 0.101. The van der Waals surface area contributed by atoms with Crippen molar-refractivity contribution in [1.29, 1.82) is 0 Å². The molecule has 0 aromatic heterocycles. The molecule has 0 heterocycles. The Kier molecular flexibility index (Phi) is 7.11. The molecule has 0 aliphatic heterocycles. The molecule has 0 radical (unpaired) electrons. The predicted octanol–water partition coefficient (Wildman–Crippen LogP) is 3.90. The van der Waals surface area contributed by atoms with E-state index in [2.05, 4.69) is 45.1 Å². The Labute approximate surface area is 118 Å². The third kappa shape index (κ3) is 5.33. The van der Waals surface area contributed by atoms with Crippen LogP contribution in [-0.4, -0.2) is 17.7 Å². The maximum atomic E-state index is 10.3. The second-order valence-electron chi connectivity index (χ2n) is 5.59. The lowest BCUT2D eigenvalue weighted by atomic mass is 9.99. The number of rotatable bonds is 8. The monoisotopic (exact) mass is 263 g/mol. The first-order valence-corrected chi connectivity index (χ1v) is 7.54. The van der Waals surface area contributed by atoms with Crippen LogP contribution in [0, 0.1) is 13.8 Å². The Hall–Kier alpha value is -0.860. The third-order valence-electron chi connectivity index (χ3n) is 3.84. The SMILES string of the molecule is CCCCCCNC(C)C(O)c1ccc(C)c(C)c1. The number of unbranched alkanes of at least 4 members (excludes halogenated alkanes) is 3. The molecular formula is C17H29NO. The van der Waals surface area contributed by atoms with Gasteiger partial charge in [-0.2, -0.15) is 0 Å². The van der Waals surface area contributed by atoms with Crippen LogP contribution in [0.15, 0.2) is 18.2 Å². The summed E-state index contributed by atoms with van der Waals surface area (Å²) in [5, 5.41) is 13.8. The zero-order valence-corrected chi connectivity index (χ0v) is 12.9. The van der Waals surface area contributed by atoms with Gasteiger partial charge < -0.3 is 10.4 Å². The zero-order valence-electron chi connectivity index (χ0n) is 12.9. The molecule has 2 unspecified atom stereocenters. The van der Waals surface area contributed by atoms with Gasteiger partial charge in [-0.25, -0.2) is 0 Å². The molecule has 2 heteroatoms. The molecule has 2 atom stereocenters. The number of nitrogens with one attached hydrogen (secondary N) is 1. The highest BCUT2D eigenvalue weighted by atomic mass is 16.3. The van der Waals surface area contributed by atoms with E-state index in [1.54, 1.807) is 0 Å². The fourth-order valence-electron chi connectivity index (χ4n) is 2.23. The lowest BCUT2D eigenvalue weighted by Crippen LogP contribution is -2.32. The van der Waals surface area contributed by atoms with Gasteiger partial charge in [0.05, 0.1) is 6.10 Å². The van der Waals surface area contributed by atoms with Crippen LogP contribution in [0.2, 0.25) is 0 Å². The lowest BCUT2D eigenvalue weighted by molar-refractivity contribution is 0.136. The van der Waals surface area contributed by atoms with Crippen LogP contribution in [0.3, 0.4) is 0 Å². The number of aliphatic hydroxyl groups excluding tert-OH is 1. The first kappa shape index (κ1) is 16.2. The number of aryl methyl sites for hydroxylation is 2. The average molecular weight is 263 g/mol. The molecule has 0 saturated carbocycles. The van der Waals surface area contributed by atoms with E-state index >= 15 is 0 Å². The van der Waals surface area contributed by atoms with Gasteiger partial charge >= 0.3 is 0 Å². The fraction of sp³-hybridized carbons (Fsp3) is 0.647. The van der Waals surface area contributed by atoms with E-state index in [4.69, 9.17) is 0 Å². The van der Waals surface area contributed by atoms with E-state index in [9.17, 15) is 5.11 Å². The van der Waals surface area contributed by atoms with E-state index in [1.165, 1.54) is 36.8 Å². The molecule has 2 nitrogen and oxygen atoms in total. The maximum Gasteiger partial charge on any atom is 0.0940 e. The molecule has 0 bridgehead atoms. The van der Waals surface area contributed by atoms with Crippen LogP contribution in [0.25, 0.3) is 0 Å². The standard InChI is InChI=1S/C17H29NO/c1-5-6-7-8-11-18-15(4)17(19)16-10-9-13(2)14(3)12-16/h9-10,12,15,17-19H,5-8,11H2,1-4H3. The van der Waals surface area contributed by atoms with Gasteiger partial charge in [0.2, 0.25) is 0 Å². The Morgan fingerprint density at radius 3 is 2.47 bits per heavy atom. The molecule has 0 saturated heterocycles. The number of aliphatic hydroxyl groups is 1. The van der Waals surface area contributed by atoms with Crippen LogP contribution in [0.4, 0.5) is 0 Å². The molecule has 0 aliphatic rings. The largest absolute Gasteiger partial charge is 0.387 e. The van der Waals surface area contributed by atoms with Crippen molar-refractivity contribution in [2.45, 2.75) is 65.5 Å². The first-order valence-electron chi connectivity index (χ1n) is 7.54. The Bertz CT molecular complexity index is 376. The van der Waals surface area contributed by atoms with E-state index in [0.717, 1.165) is 12.1 Å². The zero-order chi connectivity index (χ0) is 14.3. The molecule has 1 aromatic rings. The van der Waals surface area contributed by atoms with Gasteiger partial charge in [-0.15, -0.1) is 0 Å². The minimum Gasteiger partial charge on any atom is -0.387 e. The summed E-state index contributed by atoms with van der Waals surface area (Å²) in [5.41, 5.74) is 3.53. The predicted molar refractivity (Wildman–Crippen MR) is 82.5 cm³/mol. The molecule has 1 rings (SSSR count). The van der Waals surface area contributed by atoms with Crippen molar-refractivity contribution in [3.63, 3.8) is 0 Å². The maximum absolute atomic E-state index is 10.3. The topological polar surface area (TPSA) is 32.3 Å². The van der Waals surface area contributed by atoms with Crippen LogP contribution >= 0.6 is 0 Å². The Morgan fingerprint density at radius 1 is 1.11 bits per heavy atom. The van der Waals surface area contributed by atoms with Crippen molar-refractivity contribution >= 4 is 0 Å². The van der Waals surface area contributed by atoms with E-state index in [-0.39, 0.29) is 6.04 Å². The summed E-state index contributed by atoms with van der Waals surface area (Å²) in [5.74, 6) is 0. The van der Waals surface area contributed by atoms with E-state index in [1.807, 2.05) is 6.07 Å². The van der Waals surface area contributed by atoms with Gasteiger partial charge in [-0.1, -0.05) is 44.4 Å². The number of hydrogen-bond acceptors (Lipinski definition) is 2. The molecule has 0 spiro atoms. The molecule has 0 amide bonds. The summed E-state index contributed by atoms with van der Waals surface area (Å²) in [4.78, 5) is 0. The van der Waals surface area contributed by atoms with Gasteiger partial charge in [0.1, 0.15) is 0 Å².